The zero-order chi connectivity index (χ0) is 49.1. The molecule has 5 heteroatoms. The monoisotopic (exact) mass is 949 g/mol. The van der Waals surface area contributed by atoms with Gasteiger partial charge in [-0.1, -0.05) is 195 Å². The minimum atomic E-state index is -0.382. The van der Waals surface area contributed by atoms with Gasteiger partial charge in [-0.2, -0.15) is 0 Å². The first-order valence-corrected chi connectivity index (χ1v) is 25.8. The Bertz CT molecular complexity index is 4400. The van der Waals surface area contributed by atoms with E-state index in [1.807, 2.05) is 36.4 Å². The van der Waals surface area contributed by atoms with Gasteiger partial charge in [0.1, 0.15) is 22.3 Å². The van der Waals surface area contributed by atoms with Crippen molar-refractivity contribution in [1.29, 1.82) is 0 Å². The molecule has 1 spiro atoms. The van der Waals surface area contributed by atoms with E-state index in [9.17, 15) is 0 Å². The molecule has 13 aromatic rings. The molecule has 1 atom stereocenters. The topological polar surface area (TPSA) is 65.0 Å². The van der Waals surface area contributed by atoms with Gasteiger partial charge in [-0.05, 0) is 128 Å². The van der Waals surface area contributed by atoms with Gasteiger partial charge in [-0.3, -0.25) is 0 Å². The van der Waals surface area contributed by atoms with E-state index in [1.54, 1.807) is 0 Å². The molecule has 0 amide bonds. The first kappa shape index (κ1) is 42.5. The summed E-state index contributed by atoms with van der Waals surface area (Å²) in [6.07, 6.45) is 1.74. The largest absolute Gasteiger partial charge is 0.456 e. The number of aromatic nitrogens is 3. The Kier molecular flexibility index (Phi) is 9.43. The fourth-order valence-corrected chi connectivity index (χ4v) is 12.9. The van der Waals surface area contributed by atoms with Crippen LogP contribution in [0.5, 0.6) is 0 Å². The highest BCUT2D eigenvalue weighted by atomic mass is 16.3. The molecule has 0 aliphatic heterocycles. The second-order valence-corrected chi connectivity index (χ2v) is 20.0. The number of para-hydroxylation sites is 3. The van der Waals surface area contributed by atoms with Gasteiger partial charge >= 0.3 is 0 Å². The molecule has 15 rings (SSSR count). The molecule has 5 nitrogen and oxygen atoms in total. The lowest BCUT2D eigenvalue weighted by atomic mass is 9.70. The molecule has 0 N–H and O–H groups in total. The van der Waals surface area contributed by atoms with Crippen LogP contribution in [0.15, 0.2) is 227 Å². The summed E-state index contributed by atoms with van der Waals surface area (Å²) in [5.41, 5.74) is 22.5. The van der Waals surface area contributed by atoms with Crippen molar-refractivity contribution in [3.63, 3.8) is 0 Å². The zero-order valence-electron chi connectivity index (χ0n) is 40.9. The van der Waals surface area contributed by atoms with Crippen LogP contribution in [0.2, 0.25) is 0 Å². The molecule has 3 aromatic heterocycles. The molecule has 0 bridgehead atoms. The molecular formula is C69H47N3O2. The quantitative estimate of drug-likeness (QED) is 0.152. The fourth-order valence-electron chi connectivity index (χ4n) is 12.9. The van der Waals surface area contributed by atoms with Crippen LogP contribution in [0, 0.1) is 6.92 Å². The Hall–Kier alpha value is -9.19. The van der Waals surface area contributed by atoms with Crippen LogP contribution in [0.25, 0.3) is 111 Å². The van der Waals surface area contributed by atoms with Crippen LogP contribution in [-0.2, 0) is 11.8 Å². The van der Waals surface area contributed by atoms with Crippen LogP contribution in [0.1, 0.15) is 58.2 Å². The molecule has 0 saturated heterocycles. The molecule has 2 aliphatic rings. The van der Waals surface area contributed by atoms with Crippen molar-refractivity contribution in [1.82, 2.24) is 15.0 Å². The van der Waals surface area contributed by atoms with E-state index < -0.39 is 0 Å². The summed E-state index contributed by atoms with van der Waals surface area (Å²) in [5.74, 6) is 1.87. The molecule has 74 heavy (non-hydrogen) atoms. The predicted molar refractivity (Wildman–Crippen MR) is 300 cm³/mol. The van der Waals surface area contributed by atoms with Crippen molar-refractivity contribution in [3.05, 3.63) is 257 Å². The first-order chi connectivity index (χ1) is 36.6. The normalized spacial score (nSPS) is 13.4. The highest BCUT2D eigenvalue weighted by molar-refractivity contribution is 6.09. The summed E-state index contributed by atoms with van der Waals surface area (Å²) in [6, 6.07) is 78.6. The standard InChI is InChI=1S/C69H47N3O2/c1-3-42(39-43-19-4-5-21-47(43)45-37-38-60-64(41(45)2)55-27-10-15-32-59(55)69(60)57-30-13-8-22-48(57)49-23-9-14-31-58(49)69)46-20-6-7-26-54(46)67-70-66(44-35-36-52-50-24-11-16-33-61(50)73-63(52)40-44)71-68(72-67)56-29-18-28-53-51-25-12-17-34-62(51)74-65(53)56/h4-38,40,42H,3,39H2,1-2H3. The second kappa shape index (κ2) is 16.4. The summed E-state index contributed by atoms with van der Waals surface area (Å²) in [6.45, 7) is 4.64. The van der Waals surface area contributed by atoms with E-state index in [0.717, 1.165) is 73.4 Å². The molecule has 2 aliphatic carbocycles. The lowest BCUT2D eigenvalue weighted by Gasteiger charge is -2.30. The second-order valence-electron chi connectivity index (χ2n) is 20.0. The van der Waals surface area contributed by atoms with Gasteiger partial charge in [0.15, 0.2) is 17.5 Å². The van der Waals surface area contributed by atoms with E-state index in [2.05, 4.69) is 196 Å². The Morgan fingerprint density at radius 2 is 0.946 bits per heavy atom. The Morgan fingerprint density at radius 1 is 0.405 bits per heavy atom. The molecule has 10 aromatic carbocycles. The maximum absolute atomic E-state index is 6.60. The van der Waals surface area contributed by atoms with Gasteiger partial charge in [0.2, 0.25) is 0 Å². The summed E-state index contributed by atoms with van der Waals surface area (Å²) in [4.78, 5) is 16.0. The third kappa shape index (κ3) is 6.13. The van der Waals surface area contributed by atoms with Gasteiger partial charge in [0, 0.05) is 32.7 Å². The van der Waals surface area contributed by atoms with Crippen molar-refractivity contribution in [2.75, 3.05) is 0 Å². The Balaban J connectivity index is 0.858. The number of hydrogen-bond donors (Lipinski definition) is 0. The highest BCUT2D eigenvalue weighted by Gasteiger charge is 2.52. The van der Waals surface area contributed by atoms with Gasteiger partial charge in [0.05, 0.1) is 11.0 Å². The SMILES string of the molecule is CCC(Cc1ccccc1-c1ccc2c(c1C)-c1ccccc1C21c2ccccc2-c2ccccc21)c1ccccc1-c1nc(-c2ccc3c(c2)oc2ccccc23)nc(-c2cccc3c2oc2ccccc23)n1. The van der Waals surface area contributed by atoms with E-state index in [1.165, 1.54) is 72.3 Å². The third-order valence-electron chi connectivity index (χ3n) is 16.2. The minimum absolute atomic E-state index is 0.145. The zero-order valence-corrected chi connectivity index (χ0v) is 40.9. The molecular weight excluding hydrogens is 903 g/mol. The van der Waals surface area contributed by atoms with Crippen molar-refractivity contribution in [2.45, 2.75) is 38.0 Å². The summed E-state index contributed by atoms with van der Waals surface area (Å²) >= 11 is 0. The van der Waals surface area contributed by atoms with E-state index in [-0.39, 0.29) is 11.3 Å². The van der Waals surface area contributed by atoms with Crippen LogP contribution in [0.4, 0.5) is 0 Å². The number of benzene rings is 10. The van der Waals surface area contributed by atoms with E-state index in [4.69, 9.17) is 23.8 Å². The van der Waals surface area contributed by atoms with Crippen molar-refractivity contribution >= 4 is 43.9 Å². The van der Waals surface area contributed by atoms with E-state index >= 15 is 0 Å². The number of nitrogens with zero attached hydrogens (tertiary/aromatic N) is 3. The molecule has 350 valence electrons. The van der Waals surface area contributed by atoms with Gasteiger partial charge in [0.25, 0.3) is 0 Å². The smallest absolute Gasteiger partial charge is 0.167 e. The lowest BCUT2D eigenvalue weighted by molar-refractivity contribution is 0.661. The fraction of sp³-hybridized carbons (Fsp3) is 0.0870. The number of rotatable bonds is 8. The minimum Gasteiger partial charge on any atom is -0.456 e. The van der Waals surface area contributed by atoms with E-state index in [0.29, 0.717) is 17.5 Å². The number of hydrogen-bond acceptors (Lipinski definition) is 5. The molecule has 0 fully saturated rings. The van der Waals surface area contributed by atoms with Crippen molar-refractivity contribution in [3.8, 4) is 67.5 Å². The maximum atomic E-state index is 6.60. The summed E-state index contributed by atoms with van der Waals surface area (Å²) < 4.78 is 13.0. The molecule has 3 heterocycles. The Labute approximate surface area is 428 Å². The van der Waals surface area contributed by atoms with Crippen molar-refractivity contribution in [2.24, 2.45) is 0 Å². The van der Waals surface area contributed by atoms with Crippen molar-refractivity contribution < 1.29 is 8.83 Å². The average Bonchev–Trinajstić information content (AvgIpc) is 4.22. The molecule has 1 unspecified atom stereocenters. The number of furan rings is 2. The maximum Gasteiger partial charge on any atom is 0.167 e. The van der Waals surface area contributed by atoms with Gasteiger partial charge in [-0.15, -0.1) is 0 Å². The Morgan fingerprint density at radius 3 is 1.69 bits per heavy atom. The number of fused-ring (bicyclic) bond motifs is 16. The lowest BCUT2D eigenvalue weighted by Crippen LogP contribution is -2.25. The van der Waals surface area contributed by atoms with Crippen LogP contribution >= 0.6 is 0 Å². The highest BCUT2D eigenvalue weighted by Crippen LogP contribution is 2.63. The van der Waals surface area contributed by atoms with Crippen LogP contribution in [0.3, 0.4) is 0 Å². The molecule has 0 saturated carbocycles. The predicted octanol–water partition coefficient (Wildman–Crippen LogP) is 17.7. The first-order valence-electron chi connectivity index (χ1n) is 25.8. The summed E-state index contributed by atoms with van der Waals surface area (Å²) in [5, 5.41) is 4.21. The van der Waals surface area contributed by atoms with Gasteiger partial charge < -0.3 is 8.83 Å². The van der Waals surface area contributed by atoms with Gasteiger partial charge in [-0.25, -0.2) is 15.0 Å². The third-order valence-corrected chi connectivity index (χ3v) is 16.2. The average molecular weight is 950 g/mol. The summed E-state index contributed by atoms with van der Waals surface area (Å²) in [7, 11) is 0. The van der Waals surface area contributed by atoms with Crippen LogP contribution in [-0.4, -0.2) is 15.0 Å². The molecule has 0 radical (unpaired) electrons. The van der Waals surface area contributed by atoms with Crippen LogP contribution < -0.4 is 0 Å².